The van der Waals surface area contributed by atoms with Crippen LogP contribution in [0, 0.1) is 0 Å². The van der Waals surface area contributed by atoms with Crippen LogP contribution in [-0.2, 0) is 0 Å². The minimum atomic E-state index is 0.200. The number of hydrogen-bond acceptors (Lipinski definition) is 7. The SMILES string of the molecule is C\C=C/C(=C\C(=C/C)N1CCN(CCO)CC1)Nc1ncc(-c2ccc(C3=[N+]=CC=C3C)cc2)c(OC)n1. The largest absolute Gasteiger partial charge is 0.480 e. The molecule has 4 rings (SSSR count). The molecule has 0 spiro atoms. The van der Waals surface area contributed by atoms with Gasteiger partial charge >= 0.3 is 5.71 Å². The highest BCUT2D eigenvalue weighted by atomic mass is 16.5. The standard InChI is InChI=1S/C30H36N6O2/c1-5-7-25(20-26(6-2)36-16-14-35(15-17-36)18-19-37)33-30-32-21-27(29(34-30)38-4)23-8-10-24(11-9-23)28-22(3)12-13-31-28/h5-13,20-21,37H,14-19H2,1-4H3/p+1/b7-5-,25-20+,26-6+. The van der Waals surface area contributed by atoms with Crippen molar-refractivity contribution in [2.24, 2.45) is 0 Å². The molecule has 0 radical (unpaired) electrons. The summed E-state index contributed by atoms with van der Waals surface area (Å²) in [7, 11) is 1.62. The lowest BCUT2D eigenvalue weighted by Gasteiger charge is -2.36. The molecule has 3 heterocycles. The number of nitrogens with one attached hydrogen (secondary N) is 1. The number of benzene rings is 1. The molecule has 2 N–H and O–H groups in total. The fourth-order valence-electron chi connectivity index (χ4n) is 4.62. The third-order valence-electron chi connectivity index (χ3n) is 6.67. The van der Waals surface area contributed by atoms with Gasteiger partial charge in [-0.1, -0.05) is 29.0 Å². The van der Waals surface area contributed by atoms with Gasteiger partial charge < -0.3 is 20.1 Å². The number of β-amino-alcohol motifs (C(OH)–C–C–N with tert-alkyl or cyclic N) is 1. The lowest BCUT2D eigenvalue weighted by atomic mass is 10.0. The molecular weight excluding hydrogens is 476 g/mol. The van der Waals surface area contributed by atoms with Crippen molar-refractivity contribution in [3.63, 3.8) is 0 Å². The quantitative estimate of drug-likeness (QED) is 0.372. The van der Waals surface area contributed by atoms with Crippen molar-refractivity contribution in [2.45, 2.75) is 20.8 Å². The molecule has 2 aliphatic rings. The summed E-state index contributed by atoms with van der Waals surface area (Å²) in [6.07, 6.45) is 13.9. The Morgan fingerprint density at radius 2 is 1.87 bits per heavy atom. The van der Waals surface area contributed by atoms with Crippen molar-refractivity contribution < 1.29 is 9.84 Å². The number of piperazine rings is 1. The molecule has 2 aromatic rings. The van der Waals surface area contributed by atoms with Gasteiger partial charge in [-0.25, -0.2) is 4.98 Å². The van der Waals surface area contributed by atoms with Gasteiger partial charge in [-0.3, -0.25) is 4.90 Å². The summed E-state index contributed by atoms with van der Waals surface area (Å²) in [4.78, 5) is 13.9. The molecule has 0 bridgehead atoms. The predicted octanol–water partition coefficient (Wildman–Crippen LogP) is 3.42. The average Bonchev–Trinajstić information content (AvgIpc) is 3.38. The highest BCUT2D eigenvalue weighted by Gasteiger charge is 2.20. The molecule has 8 nitrogen and oxygen atoms in total. The van der Waals surface area contributed by atoms with Crippen LogP contribution in [0.25, 0.3) is 11.1 Å². The number of rotatable bonds is 10. The second-order valence-electron chi connectivity index (χ2n) is 9.16. The maximum atomic E-state index is 9.22. The van der Waals surface area contributed by atoms with E-state index in [1.54, 1.807) is 13.3 Å². The number of aliphatic hydroxyl groups excluding tert-OH is 1. The molecular formula is C30H37N6O2+. The number of allylic oxidation sites excluding steroid dienone is 6. The van der Waals surface area contributed by atoms with E-state index in [2.05, 4.69) is 61.0 Å². The topological polar surface area (TPSA) is 87.9 Å². The van der Waals surface area contributed by atoms with E-state index in [4.69, 9.17) is 4.74 Å². The molecule has 0 amide bonds. The minimum absolute atomic E-state index is 0.200. The molecule has 198 valence electrons. The summed E-state index contributed by atoms with van der Waals surface area (Å²) in [5.74, 6) is 0.968. The van der Waals surface area contributed by atoms with Crippen molar-refractivity contribution in [2.75, 3.05) is 51.8 Å². The van der Waals surface area contributed by atoms with Gasteiger partial charge in [0.1, 0.15) is 0 Å². The maximum Gasteiger partial charge on any atom is 0.337 e. The van der Waals surface area contributed by atoms with Crippen LogP contribution in [0.15, 0.2) is 77.8 Å². The van der Waals surface area contributed by atoms with Gasteiger partial charge in [-0.05, 0) is 50.6 Å². The molecule has 1 aromatic heterocycles. The van der Waals surface area contributed by atoms with E-state index in [0.717, 1.165) is 72.1 Å². The van der Waals surface area contributed by atoms with E-state index < -0.39 is 0 Å². The monoisotopic (exact) mass is 513 g/mol. The fourth-order valence-corrected chi connectivity index (χ4v) is 4.62. The van der Waals surface area contributed by atoms with Crippen molar-refractivity contribution in [1.82, 2.24) is 24.4 Å². The molecule has 0 saturated carbocycles. The van der Waals surface area contributed by atoms with E-state index in [0.29, 0.717) is 11.8 Å². The first-order valence-electron chi connectivity index (χ1n) is 13.0. The van der Waals surface area contributed by atoms with Crippen LogP contribution in [0.5, 0.6) is 5.88 Å². The Kier molecular flexibility index (Phi) is 9.27. The first-order valence-corrected chi connectivity index (χ1v) is 13.0. The molecule has 0 unspecified atom stereocenters. The predicted molar refractivity (Wildman–Crippen MR) is 155 cm³/mol. The van der Waals surface area contributed by atoms with Gasteiger partial charge in [0, 0.05) is 62.0 Å². The third kappa shape index (κ3) is 6.47. The van der Waals surface area contributed by atoms with Gasteiger partial charge in [0.25, 0.3) is 6.21 Å². The maximum absolute atomic E-state index is 9.22. The Morgan fingerprint density at radius 3 is 2.47 bits per heavy atom. The molecule has 0 atom stereocenters. The first-order chi connectivity index (χ1) is 18.6. The first kappa shape index (κ1) is 27.1. The van der Waals surface area contributed by atoms with Crippen LogP contribution in [0.4, 0.5) is 5.95 Å². The van der Waals surface area contributed by atoms with Gasteiger partial charge in [-0.15, -0.1) is 0 Å². The van der Waals surface area contributed by atoms with Crippen molar-refractivity contribution in [3.05, 3.63) is 83.4 Å². The van der Waals surface area contributed by atoms with Gasteiger partial charge in [0.15, 0.2) is 0 Å². The number of hydrogen-bond donors (Lipinski definition) is 2. The Labute approximate surface area is 225 Å². The van der Waals surface area contributed by atoms with Crippen LogP contribution in [0.3, 0.4) is 0 Å². The second-order valence-corrected chi connectivity index (χ2v) is 9.16. The van der Waals surface area contributed by atoms with Gasteiger partial charge in [-0.2, -0.15) is 4.98 Å². The lowest BCUT2D eigenvalue weighted by molar-refractivity contribution is 0.133. The number of anilines is 1. The summed E-state index contributed by atoms with van der Waals surface area (Å²) in [5, 5.41) is 12.6. The van der Waals surface area contributed by atoms with Crippen molar-refractivity contribution in [1.29, 1.82) is 0 Å². The molecule has 1 fully saturated rings. The second kappa shape index (κ2) is 13.0. The molecule has 0 aliphatic carbocycles. The Hall–Kier alpha value is -3.97. The minimum Gasteiger partial charge on any atom is -0.480 e. The van der Waals surface area contributed by atoms with Crippen LogP contribution in [0.1, 0.15) is 26.3 Å². The zero-order valence-corrected chi connectivity index (χ0v) is 22.7. The smallest absolute Gasteiger partial charge is 0.337 e. The normalized spacial score (nSPS) is 16.7. The van der Waals surface area contributed by atoms with Crippen LogP contribution >= 0.6 is 0 Å². The molecule has 2 aliphatic heterocycles. The molecule has 8 heteroatoms. The zero-order valence-electron chi connectivity index (χ0n) is 22.7. The molecule has 38 heavy (non-hydrogen) atoms. The Morgan fingerprint density at radius 1 is 1.13 bits per heavy atom. The Bertz CT molecular complexity index is 1310. The number of methoxy groups -OCH3 is 1. The van der Waals surface area contributed by atoms with E-state index in [1.807, 2.05) is 50.4 Å². The highest BCUT2D eigenvalue weighted by molar-refractivity contribution is 6.16. The summed E-state index contributed by atoms with van der Waals surface area (Å²) >= 11 is 0. The summed E-state index contributed by atoms with van der Waals surface area (Å²) in [6.45, 7) is 10.7. The van der Waals surface area contributed by atoms with E-state index in [-0.39, 0.29) is 6.61 Å². The van der Waals surface area contributed by atoms with E-state index in [9.17, 15) is 5.11 Å². The number of nitrogens with zero attached hydrogens (tertiary/aromatic N) is 5. The summed E-state index contributed by atoms with van der Waals surface area (Å²) in [6, 6.07) is 8.21. The fraction of sp³-hybridized carbons (Fsp3) is 0.333. The van der Waals surface area contributed by atoms with E-state index in [1.165, 1.54) is 0 Å². The molecule has 1 saturated heterocycles. The third-order valence-corrected chi connectivity index (χ3v) is 6.67. The van der Waals surface area contributed by atoms with Crippen molar-refractivity contribution in [3.8, 4) is 17.0 Å². The highest BCUT2D eigenvalue weighted by Crippen LogP contribution is 2.29. The summed E-state index contributed by atoms with van der Waals surface area (Å²) < 4.78 is 10.1. The summed E-state index contributed by atoms with van der Waals surface area (Å²) in [5.41, 5.74) is 7.04. The number of aromatic nitrogens is 2. The van der Waals surface area contributed by atoms with E-state index >= 15 is 0 Å². The van der Waals surface area contributed by atoms with Crippen LogP contribution < -0.4 is 14.7 Å². The number of aliphatic hydroxyl groups is 1. The molecule has 1 aromatic carbocycles. The lowest BCUT2D eigenvalue weighted by Crippen LogP contribution is -2.46. The van der Waals surface area contributed by atoms with Gasteiger partial charge in [0.2, 0.25) is 11.8 Å². The van der Waals surface area contributed by atoms with Crippen LogP contribution in [-0.4, -0.2) is 83.2 Å². The van der Waals surface area contributed by atoms with Gasteiger partial charge in [0.05, 0.1) is 24.8 Å². The number of ether oxygens (including phenoxy) is 1. The van der Waals surface area contributed by atoms with Crippen molar-refractivity contribution >= 4 is 17.9 Å². The van der Waals surface area contributed by atoms with Crippen LogP contribution in [0.2, 0.25) is 0 Å². The Balaban J connectivity index is 1.51. The average molecular weight is 514 g/mol. The zero-order chi connectivity index (χ0) is 26.9.